The van der Waals surface area contributed by atoms with Gasteiger partial charge in [-0.3, -0.25) is 24.4 Å². The third-order valence-corrected chi connectivity index (χ3v) is 13.5. The number of piperidine rings is 1. The standard InChI is InChI=1S/C38H43FN6O6Si/c1-25-36(52(2,3)39)34(18-20-42-23-32(40-41-42)30(24-46)27-9-5-4-6-10-27)51-38(25)31-21-29(45(49)50)16-17-33(31)44(37(38)48)22-26-12-14-28(15-13-26)43-19-8-7-11-35(43)47/h4-6,9-10,12-17,21,23,25,30,34,36,46H,7-8,11,18-20,22,24H2,1-3H3/t25-,30?,34+,36-,38+/m0/s1. The van der Waals surface area contributed by atoms with Crippen LogP contribution in [-0.4, -0.2) is 64.5 Å². The SMILES string of the molecule is C[C@H]1[C@H]([Si](C)(C)F)[C@@H](CCn2cc(C(CO)c3ccccc3)nn2)O[C@]12C(=O)N(Cc1ccc(N3CCCCC3=O)cc1)c1ccc([N+](=O)[O-])cc12. The molecule has 0 saturated carbocycles. The largest absolute Gasteiger partial charge is 0.395 e. The summed E-state index contributed by atoms with van der Waals surface area (Å²) in [6.07, 6.45) is 3.75. The zero-order valence-electron chi connectivity index (χ0n) is 29.5. The van der Waals surface area contributed by atoms with E-state index in [2.05, 4.69) is 10.3 Å². The van der Waals surface area contributed by atoms with Gasteiger partial charge in [0.15, 0.2) is 5.60 Å². The highest BCUT2D eigenvalue weighted by Gasteiger charge is 2.66. The molecular formula is C38H43FN6O6Si. The highest BCUT2D eigenvalue weighted by molar-refractivity contribution is 6.72. The van der Waals surface area contributed by atoms with Crippen molar-refractivity contribution in [3.8, 4) is 0 Å². The number of hydrogen-bond acceptors (Lipinski definition) is 8. The molecule has 1 unspecified atom stereocenters. The summed E-state index contributed by atoms with van der Waals surface area (Å²) in [5.74, 6) is -1.28. The lowest BCUT2D eigenvalue weighted by molar-refractivity contribution is -0.385. The van der Waals surface area contributed by atoms with Crippen LogP contribution in [0.5, 0.6) is 0 Å². The number of fused-ring (bicyclic) bond motifs is 2. The Kier molecular flexibility index (Phi) is 9.57. The molecular weight excluding hydrogens is 684 g/mol. The van der Waals surface area contributed by atoms with Crippen LogP contribution in [0.1, 0.15) is 60.9 Å². The quantitative estimate of drug-likeness (QED) is 0.0829. The third-order valence-electron chi connectivity index (χ3n) is 11.0. The lowest BCUT2D eigenvalue weighted by Crippen LogP contribution is -2.45. The Balaban J connectivity index is 1.18. The highest BCUT2D eigenvalue weighted by atomic mass is 28.4. The molecule has 0 aliphatic carbocycles. The average Bonchev–Trinajstić information content (AvgIpc) is 3.78. The summed E-state index contributed by atoms with van der Waals surface area (Å²) >= 11 is 0. The Labute approximate surface area is 302 Å². The zero-order valence-corrected chi connectivity index (χ0v) is 30.5. The number of benzene rings is 3. The van der Waals surface area contributed by atoms with Crippen molar-refractivity contribution in [2.45, 2.75) is 82.0 Å². The van der Waals surface area contributed by atoms with Gasteiger partial charge in [-0.2, -0.15) is 0 Å². The van der Waals surface area contributed by atoms with Crippen molar-refractivity contribution in [2.24, 2.45) is 5.92 Å². The summed E-state index contributed by atoms with van der Waals surface area (Å²) in [6, 6.07) is 21.4. The molecule has 2 saturated heterocycles. The number of aromatic nitrogens is 3. The number of aryl methyl sites for hydroxylation is 1. The molecule has 14 heteroatoms. The van der Waals surface area contributed by atoms with Crippen LogP contribution in [-0.2, 0) is 33.0 Å². The molecule has 1 N–H and O–H groups in total. The topological polar surface area (TPSA) is 144 Å². The van der Waals surface area contributed by atoms with Crippen LogP contribution in [0.4, 0.5) is 21.2 Å². The number of carbonyl (C=O) groups is 2. The lowest BCUT2D eigenvalue weighted by atomic mass is 9.82. The minimum atomic E-state index is -3.50. The Morgan fingerprint density at radius 2 is 1.85 bits per heavy atom. The molecule has 0 bridgehead atoms. The first kappa shape index (κ1) is 35.6. The second-order valence-electron chi connectivity index (χ2n) is 14.6. The summed E-state index contributed by atoms with van der Waals surface area (Å²) in [6.45, 7) is 6.05. The highest BCUT2D eigenvalue weighted by Crippen LogP contribution is 2.60. The van der Waals surface area contributed by atoms with E-state index in [1.807, 2.05) is 61.5 Å². The molecule has 3 aromatic carbocycles. The van der Waals surface area contributed by atoms with Crippen LogP contribution in [0.15, 0.2) is 79.0 Å². The number of hydrogen-bond donors (Lipinski definition) is 1. The van der Waals surface area contributed by atoms with Crippen molar-refractivity contribution in [3.05, 3.63) is 111 Å². The lowest BCUT2D eigenvalue weighted by Gasteiger charge is -2.31. The molecule has 12 nitrogen and oxygen atoms in total. The number of nitrogens with zero attached hydrogens (tertiary/aromatic N) is 6. The minimum Gasteiger partial charge on any atom is -0.395 e. The number of anilines is 2. The number of non-ortho nitro benzene ring substituents is 1. The molecule has 272 valence electrons. The summed E-state index contributed by atoms with van der Waals surface area (Å²) in [5.41, 5.74) is 1.56. The van der Waals surface area contributed by atoms with Gasteiger partial charge in [0.1, 0.15) is 0 Å². The van der Waals surface area contributed by atoms with Crippen molar-refractivity contribution >= 4 is 37.3 Å². The van der Waals surface area contributed by atoms with Crippen LogP contribution in [0.2, 0.25) is 18.6 Å². The molecule has 4 aromatic rings. The van der Waals surface area contributed by atoms with Crippen molar-refractivity contribution in [2.75, 3.05) is 23.0 Å². The van der Waals surface area contributed by atoms with Crippen molar-refractivity contribution in [1.29, 1.82) is 0 Å². The van der Waals surface area contributed by atoms with E-state index in [0.717, 1.165) is 29.7 Å². The first-order valence-corrected chi connectivity index (χ1v) is 20.8. The van der Waals surface area contributed by atoms with Crippen molar-refractivity contribution in [3.63, 3.8) is 0 Å². The van der Waals surface area contributed by atoms with E-state index in [1.54, 1.807) is 39.8 Å². The van der Waals surface area contributed by atoms with Crippen molar-refractivity contribution < 1.29 is 28.5 Å². The number of aliphatic hydroxyl groups excluding tert-OH is 1. The fraction of sp³-hybridized carbons (Fsp3) is 0.421. The van der Waals surface area contributed by atoms with E-state index in [-0.39, 0.29) is 36.6 Å². The fourth-order valence-corrected chi connectivity index (χ4v) is 11.1. The van der Waals surface area contributed by atoms with Gasteiger partial charge in [-0.1, -0.05) is 54.6 Å². The molecule has 5 atom stereocenters. The average molecular weight is 727 g/mol. The minimum absolute atomic E-state index is 0.0906. The molecule has 2 fully saturated rings. The second kappa shape index (κ2) is 14.0. The Morgan fingerprint density at radius 3 is 2.52 bits per heavy atom. The molecule has 1 aromatic heterocycles. The summed E-state index contributed by atoms with van der Waals surface area (Å²) < 4.78 is 24.9. The molecule has 52 heavy (non-hydrogen) atoms. The van der Waals surface area contributed by atoms with E-state index < -0.39 is 36.5 Å². The number of rotatable bonds is 11. The number of amides is 2. The predicted octanol–water partition coefficient (Wildman–Crippen LogP) is 6.24. The van der Waals surface area contributed by atoms with Gasteiger partial charge in [-0.25, -0.2) is 0 Å². The van der Waals surface area contributed by atoms with Crippen LogP contribution in [0.25, 0.3) is 0 Å². The fourth-order valence-electron chi connectivity index (χ4n) is 8.52. The van der Waals surface area contributed by atoms with Crippen molar-refractivity contribution in [1.82, 2.24) is 15.0 Å². The van der Waals surface area contributed by atoms with Crippen LogP contribution >= 0.6 is 0 Å². The van der Waals surface area contributed by atoms with Gasteiger partial charge < -0.3 is 23.8 Å². The van der Waals surface area contributed by atoms with E-state index in [9.17, 15) is 24.8 Å². The van der Waals surface area contributed by atoms with Gasteiger partial charge in [0, 0.05) is 60.5 Å². The maximum atomic E-state index is 16.4. The number of ether oxygens (including phenoxy) is 1. The van der Waals surface area contributed by atoms with Gasteiger partial charge >= 0.3 is 0 Å². The normalized spacial score (nSPS) is 23.8. The molecule has 2 amide bonds. The summed E-state index contributed by atoms with van der Waals surface area (Å²) in [4.78, 5) is 42.2. The second-order valence-corrected chi connectivity index (χ2v) is 18.4. The Hall–Kier alpha value is -4.79. The number of halogens is 1. The number of carbonyl (C=O) groups excluding carboxylic acids is 2. The van der Waals surface area contributed by atoms with E-state index in [0.29, 0.717) is 42.9 Å². The first-order chi connectivity index (χ1) is 24.9. The van der Waals surface area contributed by atoms with E-state index >= 15 is 4.11 Å². The van der Waals surface area contributed by atoms with E-state index in [1.165, 1.54) is 12.1 Å². The first-order valence-electron chi connectivity index (χ1n) is 17.8. The van der Waals surface area contributed by atoms with Gasteiger partial charge in [-0.05, 0) is 61.7 Å². The number of aliphatic hydroxyl groups is 1. The molecule has 7 rings (SSSR count). The third kappa shape index (κ3) is 6.32. The summed E-state index contributed by atoms with van der Waals surface area (Å²) in [7, 11) is -3.50. The van der Waals surface area contributed by atoms with Crippen LogP contribution in [0.3, 0.4) is 0 Å². The molecule has 4 heterocycles. The molecule has 3 aliphatic rings. The van der Waals surface area contributed by atoms with Gasteiger partial charge in [0.2, 0.25) is 14.3 Å². The van der Waals surface area contributed by atoms with Gasteiger partial charge in [0.25, 0.3) is 11.6 Å². The smallest absolute Gasteiger partial charge is 0.269 e. The molecule has 0 radical (unpaired) electrons. The Bertz CT molecular complexity index is 1970. The summed E-state index contributed by atoms with van der Waals surface area (Å²) in [5, 5.41) is 30.7. The van der Waals surface area contributed by atoms with E-state index in [4.69, 9.17) is 4.74 Å². The molecule has 3 aliphatic heterocycles. The monoisotopic (exact) mass is 726 g/mol. The Morgan fingerprint density at radius 1 is 1.10 bits per heavy atom. The van der Waals surface area contributed by atoms with Gasteiger partial charge in [-0.15, -0.1) is 5.10 Å². The maximum Gasteiger partial charge on any atom is 0.269 e. The maximum absolute atomic E-state index is 16.4. The van der Waals surface area contributed by atoms with Crippen LogP contribution < -0.4 is 9.80 Å². The number of nitro groups is 1. The molecule has 1 spiro atoms. The van der Waals surface area contributed by atoms with Crippen LogP contribution in [0, 0.1) is 16.0 Å². The van der Waals surface area contributed by atoms with Gasteiger partial charge in [0.05, 0.1) is 41.5 Å². The number of nitro benzene ring substituents is 1. The zero-order chi connectivity index (χ0) is 36.8. The predicted molar refractivity (Wildman–Crippen MR) is 195 cm³/mol.